The molecule has 1 atom stereocenters. The smallest absolute Gasteiger partial charge is 0.128 e. The molecular formula is C11H13F2N. The van der Waals surface area contributed by atoms with Gasteiger partial charge in [0.25, 0.3) is 0 Å². The molecule has 1 rings (SSSR count). The van der Waals surface area contributed by atoms with Crippen LogP contribution in [0.3, 0.4) is 0 Å². The van der Waals surface area contributed by atoms with Crippen LogP contribution < -0.4 is 5.32 Å². The Kier molecular flexibility index (Phi) is 3.36. The largest absolute Gasteiger partial charge is 0.310 e. The van der Waals surface area contributed by atoms with E-state index in [9.17, 15) is 8.78 Å². The molecule has 0 saturated carbocycles. The highest BCUT2D eigenvalue weighted by Crippen LogP contribution is 2.23. The van der Waals surface area contributed by atoms with Gasteiger partial charge in [-0.25, -0.2) is 8.78 Å². The molecule has 3 heteroatoms. The molecule has 0 saturated heterocycles. The predicted octanol–water partition coefficient (Wildman–Crippen LogP) is 2.80. The lowest BCUT2D eigenvalue weighted by Gasteiger charge is -2.17. The van der Waals surface area contributed by atoms with Gasteiger partial charge in [0.05, 0.1) is 6.04 Å². The van der Waals surface area contributed by atoms with E-state index in [1.165, 1.54) is 6.07 Å². The van der Waals surface area contributed by atoms with Crippen molar-refractivity contribution in [2.45, 2.75) is 13.0 Å². The summed E-state index contributed by atoms with van der Waals surface area (Å²) in [4.78, 5) is 0. The zero-order valence-electron chi connectivity index (χ0n) is 8.27. The summed E-state index contributed by atoms with van der Waals surface area (Å²) in [5.74, 6) is -0.864. The number of likely N-dealkylation sites (N-methyl/N-ethyl adjacent to an activating group) is 1. The van der Waals surface area contributed by atoms with Gasteiger partial charge in [-0.15, -0.1) is 0 Å². The molecule has 1 nitrogen and oxygen atoms in total. The highest BCUT2D eigenvalue weighted by Gasteiger charge is 2.14. The van der Waals surface area contributed by atoms with Crippen molar-refractivity contribution >= 4 is 0 Å². The van der Waals surface area contributed by atoms with Crippen LogP contribution in [0, 0.1) is 11.6 Å². The van der Waals surface area contributed by atoms with Crippen molar-refractivity contribution in [3.8, 4) is 0 Å². The van der Waals surface area contributed by atoms with Gasteiger partial charge >= 0.3 is 0 Å². The van der Waals surface area contributed by atoms with E-state index in [2.05, 4.69) is 11.9 Å². The Morgan fingerprint density at radius 2 is 2.07 bits per heavy atom. The summed E-state index contributed by atoms with van der Waals surface area (Å²) in [5.41, 5.74) is 1.04. The quantitative estimate of drug-likeness (QED) is 0.735. The lowest BCUT2D eigenvalue weighted by Crippen LogP contribution is -2.18. The zero-order valence-corrected chi connectivity index (χ0v) is 8.27. The molecule has 0 spiro atoms. The monoisotopic (exact) mass is 197 g/mol. The first kappa shape index (κ1) is 10.9. The highest BCUT2D eigenvalue weighted by atomic mass is 19.1. The average molecular weight is 197 g/mol. The van der Waals surface area contributed by atoms with Crippen LogP contribution in [0.15, 0.2) is 30.4 Å². The van der Waals surface area contributed by atoms with Gasteiger partial charge in [-0.1, -0.05) is 12.2 Å². The molecule has 0 aliphatic carbocycles. The van der Waals surface area contributed by atoms with Crippen molar-refractivity contribution in [1.29, 1.82) is 0 Å². The Labute approximate surface area is 82.4 Å². The molecule has 1 aromatic carbocycles. The van der Waals surface area contributed by atoms with Crippen LogP contribution >= 0.6 is 0 Å². The van der Waals surface area contributed by atoms with Gasteiger partial charge in [-0.2, -0.15) is 0 Å². The van der Waals surface area contributed by atoms with E-state index in [1.807, 2.05) is 0 Å². The van der Waals surface area contributed by atoms with Gasteiger partial charge in [0.2, 0.25) is 0 Å². The van der Waals surface area contributed by atoms with Crippen molar-refractivity contribution < 1.29 is 8.78 Å². The minimum absolute atomic E-state index is 0.292. The van der Waals surface area contributed by atoms with Crippen molar-refractivity contribution in [2.75, 3.05) is 7.05 Å². The third kappa shape index (κ3) is 2.17. The molecule has 0 aromatic heterocycles. The fraction of sp³-hybridized carbons (Fsp3) is 0.273. The van der Waals surface area contributed by atoms with Crippen LogP contribution in [0.4, 0.5) is 8.78 Å². The van der Waals surface area contributed by atoms with Crippen molar-refractivity contribution in [1.82, 2.24) is 5.32 Å². The molecule has 76 valence electrons. The van der Waals surface area contributed by atoms with Crippen LogP contribution in [0.1, 0.15) is 18.5 Å². The Morgan fingerprint density at radius 3 is 2.57 bits per heavy atom. The van der Waals surface area contributed by atoms with E-state index in [0.717, 1.165) is 17.7 Å². The zero-order chi connectivity index (χ0) is 10.7. The second kappa shape index (κ2) is 4.33. The number of hydrogen-bond acceptors (Lipinski definition) is 1. The SMILES string of the molecule is C=C(C)C(NC)c1cc(F)ccc1F. The molecule has 0 amide bonds. The van der Waals surface area contributed by atoms with Crippen LogP contribution in [0.5, 0.6) is 0 Å². The molecule has 0 heterocycles. The van der Waals surface area contributed by atoms with Gasteiger partial charge in [0.15, 0.2) is 0 Å². The fourth-order valence-corrected chi connectivity index (χ4v) is 1.40. The summed E-state index contributed by atoms with van der Waals surface area (Å²) in [6, 6.07) is 3.07. The first-order chi connectivity index (χ1) is 6.56. The lowest BCUT2D eigenvalue weighted by atomic mass is 10.0. The minimum atomic E-state index is -0.442. The summed E-state index contributed by atoms with van der Waals surface area (Å²) in [5, 5.41) is 2.88. The van der Waals surface area contributed by atoms with E-state index in [4.69, 9.17) is 0 Å². The van der Waals surface area contributed by atoms with Crippen molar-refractivity contribution in [3.05, 3.63) is 47.5 Å². The van der Waals surface area contributed by atoms with Crippen LogP contribution in [0.25, 0.3) is 0 Å². The Balaban J connectivity index is 3.15. The summed E-state index contributed by atoms with van der Waals surface area (Å²) in [6.07, 6.45) is 0. The van der Waals surface area contributed by atoms with Gasteiger partial charge in [0, 0.05) is 5.56 Å². The second-order valence-corrected chi connectivity index (χ2v) is 3.23. The molecule has 1 N–H and O–H groups in total. The fourth-order valence-electron chi connectivity index (χ4n) is 1.40. The summed E-state index contributed by atoms with van der Waals surface area (Å²) in [7, 11) is 1.68. The summed E-state index contributed by atoms with van der Waals surface area (Å²) in [6.45, 7) is 5.49. The number of halogens is 2. The number of hydrogen-bond donors (Lipinski definition) is 1. The lowest BCUT2D eigenvalue weighted by molar-refractivity contribution is 0.555. The first-order valence-electron chi connectivity index (χ1n) is 4.34. The van der Waals surface area contributed by atoms with Gasteiger partial charge in [-0.05, 0) is 32.2 Å². The summed E-state index contributed by atoms with van der Waals surface area (Å²) < 4.78 is 26.2. The average Bonchev–Trinajstić information content (AvgIpc) is 2.11. The van der Waals surface area contributed by atoms with E-state index in [-0.39, 0.29) is 6.04 Å². The standard InChI is InChI=1S/C11H13F2N/c1-7(2)11(14-3)9-6-8(12)4-5-10(9)13/h4-6,11,14H,1H2,2-3H3. The number of nitrogens with one attached hydrogen (secondary N) is 1. The molecule has 1 unspecified atom stereocenters. The molecule has 0 radical (unpaired) electrons. The topological polar surface area (TPSA) is 12.0 Å². The van der Waals surface area contributed by atoms with Crippen LogP contribution in [-0.2, 0) is 0 Å². The highest BCUT2D eigenvalue weighted by molar-refractivity contribution is 5.28. The minimum Gasteiger partial charge on any atom is -0.310 e. The van der Waals surface area contributed by atoms with E-state index in [1.54, 1.807) is 14.0 Å². The molecule has 1 aromatic rings. The van der Waals surface area contributed by atoms with Gasteiger partial charge in [0.1, 0.15) is 11.6 Å². The van der Waals surface area contributed by atoms with Crippen molar-refractivity contribution in [2.24, 2.45) is 0 Å². The number of benzene rings is 1. The molecule has 14 heavy (non-hydrogen) atoms. The normalized spacial score (nSPS) is 12.6. The third-order valence-electron chi connectivity index (χ3n) is 2.05. The molecule has 0 aliphatic heterocycles. The second-order valence-electron chi connectivity index (χ2n) is 3.23. The number of rotatable bonds is 3. The van der Waals surface area contributed by atoms with Crippen LogP contribution in [0.2, 0.25) is 0 Å². The maximum Gasteiger partial charge on any atom is 0.128 e. The molecule has 0 fully saturated rings. The Bertz CT molecular complexity index is 347. The first-order valence-corrected chi connectivity index (χ1v) is 4.34. The van der Waals surface area contributed by atoms with E-state index in [0.29, 0.717) is 5.56 Å². The Hall–Kier alpha value is -1.22. The Morgan fingerprint density at radius 1 is 1.43 bits per heavy atom. The van der Waals surface area contributed by atoms with E-state index >= 15 is 0 Å². The van der Waals surface area contributed by atoms with Crippen LogP contribution in [-0.4, -0.2) is 7.05 Å². The maximum absolute atomic E-state index is 13.3. The molecule has 0 bridgehead atoms. The third-order valence-corrected chi connectivity index (χ3v) is 2.05. The summed E-state index contributed by atoms with van der Waals surface area (Å²) >= 11 is 0. The maximum atomic E-state index is 13.3. The predicted molar refractivity (Wildman–Crippen MR) is 53.0 cm³/mol. The molecule has 0 aliphatic rings. The van der Waals surface area contributed by atoms with Crippen molar-refractivity contribution in [3.63, 3.8) is 0 Å². The van der Waals surface area contributed by atoms with Gasteiger partial charge < -0.3 is 5.32 Å². The van der Waals surface area contributed by atoms with E-state index < -0.39 is 11.6 Å². The van der Waals surface area contributed by atoms with Gasteiger partial charge in [-0.3, -0.25) is 0 Å². The molecular weight excluding hydrogens is 184 g/mol.